The first kappa shape index (κ1) is 20.1. The van der Waals surface area contributed by atoms with Gasteiger partial charge in [0, 0.05) is 26.2 Å². The lowest BCUT2D eigenvalue weighted by Crippen LogP contribution is -2.35. The molecule has 0 aliphatic carbocycles. The van der Waals surface area contributed by atoms with Crippen LogP contribution in [0.1, 0.15) is 11.1 Å². The molecule has 0 bridgehead atoms. The number of nitrogens with zero attached hydrogens (tertiary/aromatic N) is 1. The van der Waals surface area contributed by atoms with Crippen LogP contribution in [-0.4, -0.2) is 46.7 Å². The van der Waals surface area contributed by atoms with Gasteiger partial charge in [0.1, 0.15) is 5.75 Å². The molecule has 1 saturated heterocycles. The van der Waals surface area contributed by atoms with Crippen LogP contribution in [0, 0.1) is 0 Å². The number of hydrogen-bond acceptors (Lipinski definition) is 5. The monoisotopic (exact) mass is 410 g/mol. The zero-order valence-corrected chi connectivity index (χ0v) is 16.7. The molecule has 2 aromatic carbocycles. The fourth-order valence-electron chi connectivity index (χ4n) is 2.93. The predicted octanol–water partition coefficient (Wildman–Crippen LogP) is 2.66. The number of rotatable bonds is 7. The molecule has 1 fully saturated rings. The summed E-state index contributed by atoms with van der Waals surface area (Å²) in [6.07, 6.45) is 0. The van der Waals surface area contributed by atoms with Crippen molar-refractivity contribution in [3.05, 3.63) is 58.6 Å². The lowest BCUT2D eigenvalue weighted by molar-refractivity contribution is 0.0342. The highest BCUT2D eigenvalue weighted by molar-refractivity contribution is 7.89. The van der Waals surface area contributed by atoms with Gasteiger partial charge in [0.2, 0.25) is 10.0 Å². The SMILES string of the molecule is COc1ccc(S(=O)(=O)NCc2cccc(CN3CCOCC3)c2)cc1Cl. The molecule has 8 heteroatoms. The van der Waals surface area contributed by atoms with Crippen molar-refractivity contribution in [1.82, 2.24) is 9.62 Å². The van der Waals surface area contributed by atoms with Gasteiger partial charge in [-0.1, -0.05) is 35.9 Å². The number of methoxy groups -OCH3 is 1. The van der Waals surface area contributed by atoms with Gasteiger partial charge >= 0.3 is 0 Å². The number of ether oxygens (including phenoxy) is 2. The Morgan fingerprint density at radius 3 is 2.59 bits per heavy atom. The van der Waals surface area contributed by atoms with Gasteiger partial charge in [-0.25, -0.2) is 13.1 Å². The lowest BCUT2D eigenvalue weighted by atomic mass is 10.1. The van der Waals surface area contributed by atoms with Crippen molar-refractivity contribution in [2.45, 2.75) is 18.0 Å². The second-order valence-electron chi connectivity index (χ2n) is 6.33. The molecule has 6 nitrogen and oxygen atoms in total. The van der Waals surface area contributed by atoms with E-state index in [9.17, 15) is 8.42 Å². The maximum Gasteiger partial charge on any atom is 0.240 e. The standard InChI is InChI=1S/C19H23ClN2O4S/c1-25-19-6-5-17(12-18(19)20)27(23,24)21-13-15-3-2-4-16(11-15)14-22-7-9-26-10-8-22/h2-6,11-12,21H,7-10,13-14H2,1H3. The zero-order chi connectivity index (χ0) is 19.3. The van der Waals surface area contributed by atoms with Gasteiger partial charge in [-0.2, -0.15) is 0 Å². The Kier molecular flexibility index (Phi) is 6.73. The van der Waals surface area contributed by atoms with E-state index in [0.29, 0.717) is 5.75 Å². The van der Waals surface area contributed by atoms with Gasteiger partial charge in [-0.05, 0) is 29.3 Å². The Morgan fingerprint density at radius 2 is 1.89 bits per heavy atom. The molecule has 1 N–H and O–H groups in total. The van der Waals surface area contributed by atoms with Crippen molar-refractivity contribution in [2.75, 3.05) is 33.4 Å². The quantitative estimate of drug-likeness (QED) is 0.760. The minimum Gasteiger partial charge on any atom is -0.495 e. The second kappa shape index (κ2) is 9.03. The van der Waals surface area contributed by atoms with Crippen LogP contribution in [-0.2, 0) is 27.8 Å². The summed E-state index contributed by atoms with van der Waals surface area (Å²) in [6, 6.07) is 12.3. The first-order chi connectivity index (χ1) is 13.0. The average Bonchev–Trinajstić information content (AvgIpc) is 2.67. The first-order valence-corrected chi connectivity index (χ1v) is 10.6. The Bertz CT molecular complexity index is 883. The Balaban J connectivity index is 1.65. The van der Waals surface area contributed by atoms with Crippen molar-refractivity contribution in [3.63, 3.8) is 0 Å². The van der Waals surface area contributed by atoms with Crippen LogP contribution in [0.4, 0.5) is 0 Å². The molecule has 0 spiro atoms. The zero-order valence-electron chi connectivity index (χ0n) is 15.2. The highest BCUT2D eigenvalue weighted by Crippen LogP contribution is 2.26. The van der Waals surface area contributed by atoms with Crippen molar-refractivity contribution in [3.8, 4) is 5.75 Å². The van der Waals surface area contributed by atoms with E-state index in [1.54, 1.807) is 6.07 Å². The molecule has 0 aromatic heterocycles. The molecule has 0 radical (unpaired) electrons. The predicted molar refractivity (Wildman–Crippen MR) is 105 cm³/mol. The number of benzene rings is 2. The van der Waals surface area contributed by atoms with Gasteiger partial charge < -0.3 is 9.47 Å². The molecule has 1 heterocycles. The number of halogens is 1. The minimum absolute atomic E-state index is 0.109. The fourth-order valence-corrected chi connectivity index (χ4v) is 4.30. The highest BCUT2D eigenvalue weighted by atomic mass is 35.5. The van der Waals surface area contributed by atoms with Crippen LogP contribution < -0.4 is 9.46 Å². The van der Waals surface area contributed by atoms with E-state index in [2.05, 4.69) is 15.7 Å². The van der Waals surface area contributed by atoms with Gasteiger partial charge in [0.15, 0.2) is 0 Å². The summed E-state index contributed by atoms with van der Waals surface area (Å²) in [5.74, 6) is 0.437. The van der Waals surface area contributed by atoms with E-state index in [1.165, 1.54) is 19.2 Å². The number of morpholine rings is 1. The molecule has 0 amide bonds. The van der Waals surface area contributed by atoms with Crippen LogP contribution >= 0.6 is 11.6 Å². The molecule has 2 aromatic rings. The highest BCUT2D eigenvalue weighted by Gasteiger charge is 2.16. The third-order valence-electron chi connectivity index (χ3n) is 4.40. The van der Waals surface area contributed by atoms with E-state index in [1.807, 2.05) is 18.2 Å². The topological polar surface area (TPSA) is 67.9 Å². The van der Waals surface area contributed by atoms with Gasteiger partial charge in [0.25, 0.3) is 0 Å². The minimum atomic E-state index is -3.66. The maximum atomic E-state index is 12.5. The molecule has 0 saturated carbocycles. The molecular weight excluding hydrogens is 388 g/mol. The Labute approximate surface area is 165 Å². The maximum absolute atomic E-state index is 12.5. The van der Waals surface area contributed by atoms with Gasteiger partial charge in [-0.3, -0.25) is 4.90 Å². The number of nitrogens with one attached hydrogen (secondary N) is 1. The molecule has 0 atom stereocenters. The normalized spacial score (nSPS) is 15.6. The Morgan fingerprint density at radius 1 is 1.15 bits per heavy atom. The van der Waals surface area contributed by atoms with Gasteiger partial charge in [-0.15, -0.1) is 0 Å². The summed E-state index contributed by atoms with van der Waals surface area (Å²) in [5, 5.41) is 0.257. The molecule has 1 aliphatic rings. The van der Waals surface area contributed by atoms with Crippen molar-refractivity contribution >= 4 is 21.6 Å². The van der Waals surface area contributed by atoms with Gasteiger partial charge in [0.05, 0.1) is 30.2 Å². The third-order valence-corrected chi connectivity index (χ3v) is 6.10. The number of hydrogen-bond donors (Lipinski definition) is 1. The molecule has 1 aliphatic heterocycles. The second-order valence-corrected chi connectivity index (χ2v) is 8.50. The molecule has 3 rings (SSSR count). The Hall–Kier alpha value is -1.64. The van der Waals surface area contributed by atoms with Crippen LogP contribution in [0.2, 0.25) is 5.02 Å². The molecule has 146 valence electrons. The lowest BCUT2D eigenvalue weighted by Gasteiger charge is -2.26. The van der Waals surface area contributed by atoms with Crippen LogP contribution in [0.15, 0.2) is 47.4 Å². The average molecular weight is 411 g/mol. The van der Waals surface area contributed by atoms with Crippen molar-refractivity contribution in [1.29, 1.82) is 0 Å². The van der Waals surface area contributed by atoms with Crippen molar-refractivity contribution in [2.24, 2.45) is 0 Å². The third kappa shape index (κ3) is 5.43. The molecule has 27 heavy (non-hydrogen) atoms. The van der Waals surface area contributed by atoms with Crippen LogP contribution in [0.5, 0.6) is 5.75 Å². The number of sulfonamides is 1. The van der Waals surface area contributed by atoms with E-state index >= 15 is 0 Å². The molecule has 0 unspecified atom stereocenters. The summed E-state index contributed by atoms with van der Waals surface area (Å²) in [7, 11) is -2.18. The van der Waals surface area contributed by atoms with Crippen molar-refractivity contribution < 1.29 is 17.9 Å². The summed E-state index contributed by atoms with van der Waals surface area (Å²) < 4.78 is 38.1. The van der Waals surface area contributed by atoms with E-state index in [0.717, 1.165) is 44.0 Å². The summed E-state index contributed by atoms with van der Waals surface area (Å²) in [6.45, 7) is 4.37. The smallest absolute Gasteiger partial charge is 0.240 e. The van der Waals surface area contributed by atoms with E-state index in [-0.39, 0.29) is 16.5 Å². The summed E-state index contributed by atoms with van der Waals surface area (Å²) in [4.78, 5) is 2.43. The largest absolute Gasteiger partial charge is 0.495 e. The summed E-state index contributed by atoms with van der Waals surface area (Å²) >= 11 is 6.04. The molecular formula is C19H23ClN2O4S. The fraction of sp³-hybridized carbons (Fsp3) is 0.368. The van der Waals surface area contributed by atoms with Crippen LogP contribution in [0.25, 0.3) is 0 Å². The summed E-state index contributed by atoms with van der Waals surface area (Å²) in [5.41, 5.74) is 2.06. The van der Waals surface area contributed by atoms with E-state index < -0.39 is 10.0 Å². The van der Waals surface area contributed by atoms with E-state index in [4.69, 9.17) is 21.1 Å². The van der Waals surface area contributed by atoms with Crippen LogP contribution in [0.3, 0.4) is 0 Å². The first-order valence-electron chi connectivity index (χ1n) is 8.69.